The van der Waals surface area contributed by atoms with Crippen molar-refractivity contribution in [3.63, 3.8) is 0 Å². The predicted molar refractivity (Wildman–Crippen MR) is 86.0 cm³/mol. The minimum Gasteiger partial charge on any atom is -0.347 e. The van der Waals surface area contributed by atoms with Gasteiger partial charge in [0.15, 0.2) is 0 Å². The third-order valence-corrected chi connectivity index (χ3v) is 4.84. The van der Waals surface area contributed by atoms with E-state index in [1.54, 1.807) is 0 Å². The van der Waals surface area contributed by atoms with Crippen molar-refractivity contribution < 1.29 is 0 Å². The molecular weight excluding hydrogens is 244 g/mol. The summed E-state index contributed by atoms with van der Waals surface area (Å²) in [6.45, 7) is 7.34. The summed E-state index contributed by atoms with van der Waals surface area (Å²) in [5.74, 6) is 0.986. The van der Waals surface area contributed by atoms with E-state index in [0.29, 0.717) is 0 Å². The largest absolute Gasteiger partial charge is 0.347 e. The molecule has 2 heteroatoms. The molecule has 0 saturated carbocycles. The number of piperidine rings is 1. The molecule has 1 aromatic carbocycles. The Morgan fingerprint density at radius 1 is 1.05 bits per heavy atom. The van der Waals surface area contributed by atoms with E-state index in [9.17, 15) is 0 Å². The lowest BCUT2D eigenvalue weighted by molar-refractivity contribution is 0.178. The van der Waals surface area contributed by atoms with Crippen LogP contribution in [-0.4, -0.2) is 29.1 Å². The van der Waals surface area contributed by atoms with Gasteiger partial charge in [-0.15, -0.1) is 0 Å². The minimum absolute atomic E-state index is 0.986. The second-order valence-corrected chi connectivity index (χ2v) is 6.11. The topological polar surface area (TPSA) is 8.17 Å². The van der Waals surface area contributed by atoms with Crippen molar-refractivity contribution in [3.05, 3.63) is 36.5 Å². The fraction of sp³-hybridized carbons (Fsp3) is 0.556. The van der Waals surface area contributed by atoms with Gasteiger partial charge in [-0.1, -0.05) is 31.5 Å². The normalized spacial score (nSPS) is 17.9. The fourth-order valence-electron chi connectivity index (χ4n) is 3.42. The Morgan fingerprint density at radius 3 is 2.65 bits per heavy atom. The second kappa shape index (κ2) is 6.45. The van der Waals surface area contributed by atoms with Crippen LogP contribution in [0.2, 0.25) is 0 Å². The summed E-state index contributed by atoms with van der Waals surface area (Å²) >= 11 is 0. The Balaban J connectivity index is 1.48. The molecule has 0 aliphatic carbocycles. The maximum atomic E-state index is 2.65. The lowest BCUT2D eigenvalue weighted by Gasteiger charge is -2.31. The van der Waals surface area contributed by atoms with Gasteiger partial charge in [0, 0.05) is 18.3 Å². The number of aromatic nitrogens is 1. The molecule has 2 heterocycles. The van der Waals surface area contributed by atoms with E-state index in [1.165, 1.54) is 56.2 Å². The first-order valence-electron chi connectivity index (χ1n) is 8.13. The van der Waals surface area contributed by atoms with Crippen LogP contribution in [-0.2, 0) is 6.54 Å². The maximum Gasteiger partial charge on any atom is 0.0480 e. The highest BCUT2D eigenvalue weighted by Crippen LogP contribution is 2.20. The zero-order chi connectivity index (χ0) is 13.8. The van der Waals surface area contributed by atoms with Crippen LogP contribution in [0.15, 0.2) is 36.5 Å². The van der Waals surface area contributed by atoms with E-state index >= 15 is 0 Å². The molecule has 1 saturated heterocycles. The van der Waals surface area contributed by atoms with Crippen LogP contribution < -0.4 is 0 Å². The van der Waals surface area contributed by atoms with Gasteiger partial charge >= 0.3 is 0 Å². The molecule has 1 aliphatic heterocycles. The van der Waals surface area contributed by atoms with E-state index in [0.717, 1.165) is 12.5 Å². The van der Waals surface area contributed by atoms with Gasteiger partial charge in [-0.3, -0.25) is 0 Å². The van der Waals surface area contributed by atoms with Gasteiger partial charge in [-0.2, -0.15) is 0 Å². The number of hydrogen-bond donors (Lipinski definition) is 0. The highest BCUT2D eigenvalue weighted by molar-refractivity contribution is 5.79. The Labute approximate surface area is 122 Å². The summed E-state index contributed by atoms with van der Waals surface area (Å²) < 4.78 is 2.40. The molecule has 2 aromatic rings. The molecule has 0 unspecified atom stereocenters. The Bertz CT molecular complexity index is 535. The summed E-state index contributed by atoms with van der Waals surface area (Å²) in [5.41, 5.74) is 1.37. The number of benzene rings is 1. The van der Waals surface area contributed by atoms with Gasteiger partial charge in [0.25, 0.3) is 0 Å². The maximum absolute atomic E-state index is 2.65. The van der Waals surface area contributed by atoms with E-state index in [2.05, 4.69) is 52.9 Å². The number of para-hydroxylation sites is 1. The minimum atomic E-state index is 0.986. The van der Waals surface area contributed by atoms with Gasteiger partial charge in [-0.25, -0.2) is 0 Å². The highest BCUT2D eigenvalue weighted by Gasteiger charge is 2.16. The van der Waals surface area contributed by atoms with E-state index in [-0.39, 0.29) is 0 Å². The highest BCUT2D eigenvalue weighted by atomic mass is 15.1. The van der Waals surface area contributed by atoms with Gasteiger partial charge in [0.05, 0.1) is 0 Å². The molecule has 108 valence electrons. The summed E-state index contributed by atoms with van der Waals surface area (Å²) in [5, 5.41) is 1.36. The van der Waals surface area contributed by atoms with Crippen molar-refractivity contribution in [1.82, 2.24) is 9.47 Å². The van der Waals surface area contributed by atoms with Crippen LogP contribution in [0, 0.1) is 5.92 Å². The van der Waals surface area contributed by atoms with Crippen molar-refractivity contribution in [1.29, 1.82) is 0 Å². The average Bonchev–Trinajstić information content (AvgIpc) is 2.92. The van der Waals surface area contributed by atoms with Crippen molar-refractivity contribution in [3.8, 4) is 0 Å². The van der Waals surface area contributed by atoms with Crippen LogP contribution in [0.1, 0.15) is 32.6 Å². The van der Waals surface area contributed by atoms with E-state index in [1.807, 2.05) is 0 Å². The molecule has 1 aliphatic rings. The quantitative estimate of drug-likeness (QED) is 0.792. The smallest absolute Gasteiger partial charge is 0.0480 e. The first-order chi connectivity index (χ1) is 9.86. The molecular formula is C18H26N2. The van der Waals surface area contributed by atoms with Crippen molar-refractivity contribution in [2.45, 2.75) is 39.2 Å². The molecule has 1 aromatic heterocycles. The summed E-state index contributed by atoms with van der Waals surface area (Å²) in [7, 11) is 0. The van der Waals surface area contributed by atoms with E-state index < -0.39 is 0 Å². The molecule has 20 heavy (non-hydrogen) atoms. The fourth-order valence-corrected chi connectivity index (χ4v) is 3.42. The van der Waals surface area contributed by atoms with Crippen LogP contribution in [0.5, 0.6) is 0 Å². The Kier molecular flexibility index (Phi) is 4.41. The van der Waals surface area contributed by atoms with Crippen LogP contribution in [0.25, 0.3) is 10.9 Å². The molecule has 1 fully saturated rings. The number of nitrogens with zero attached hydrogens (tertiary/aromatic N) is 2. The summed E-state index contributed by atoms with van der Waals surface area (Å²) in [6, 6.07) is 10.9. The van der Waals surface area contributed by atoms with Crippen molar-refractivity contribution in [2.75, 3.05) is 19.6 Å². The third-order valence-electron chi connectivity index (χ3n) is 4.84. The van der Waals surface area contributed by atoms with Gasteiger partial charge in [-0.05, 0) is 62.3 Å². The summed E-state index contributed by atoms with van der Waals surface area (Å²) in [4.78, 5) is 2.65. The van der Waals surface area contributed by atoms with Crippen LogP contribution in [0.3, 0.4) is 0 Å². The van der Waals surface area contributed by atoms with Crippen molar-refractivity contribution in [2.24, 2.45) is 5.92 Å². The standard InChI is InChI=1S/C18H26N2/c1-2-16-8-13-19(14-9-16)11-5-12-20-15-10-17-6-3-4-7-18(17)20/h3-4,6-7,10,15-16H,2,5,8-9,11-14H2,1H3. The van der Waals surface area contributed by atoms with Gasteiger partial charge in [0.1, 0.15) is 0 Å². The monoisotopic (exact) mass is 270 g/mol. The Morgan fingerprint density at radius 2 is 1.85 bits per heavy atom. The lowest BCUT2D eigenvalue weighted by Crippen LogP contribution is -2.34. The zero-order valence-corrected chi connectivity index (χ0v) is 12.6. The molecule has 0 radical (unpaired) electrons. The zero-order valence-electron chi connectivity index (χ0n) is 12.6. The first kappa shape index (κ1) is 13.7. The number of rotatable bonds is 5. The molecule has 0 bridgehead atoms. The van der Waals surface area contributed by atoms with Gasteiger partial charge < -0.3 is 9.47 Å². The summed E-state index contributed by atoms with van der Waals surface area (Å²) in [6.07, 6.45) is 7.67. The van der Waals surface area contributed by atoms with Crippen LogP contribution in [0.4, 0.5) is 0 Å². The molecule has 0 N–H and O–H groups in total. The lowest BCUT2D eigenvalue weighted by atomic mass is 9.94. The van der Waals surface area contributed by atoms with Crippen molar-refractivity contribution >= 4 is 10.9 Å². The predicted octanol–water partition coefficient (Wildman–Crippen LogP) is 4.15. The average molecular weight is 270 g/mol. The van der Waals surface area contributed by atoms with Crippen LogP contribution >= 0.6 is 0 Å². The first-order valence-corrected chi connectivity index (χ1v) is 8.13. The number of fused-ring (bicyclic) bond motifs is 1. The molecule has 0 atom stereocenters. The third kappa shape index (κ3) is 3.06. The van der Waals surface area contributed by atoms with E-state index in [4.69, 9.17) is 0 Å². The number of likely N-dealkylation sites (tertiary alicyclic amines) is 1. The second-order valence-electron chi connectivity index (χ2n) is 6.11. The van der Waals surface area contributed by atoms with Gasteiger partial charge in [0.2, 0.25) is 0 Å². The SMILES string of the molecule is CCC1CCN(CCCn2ccc3ccccc32)CC1. The number of hydrogen-bond acceptors (Lipinski definition) is 1. The molecule has 3 rings (SSSR count). The molecule has 0 amide bonds. The number of aryl methyl sites for hydroxylation is 1. The molecule has 0 spiro atoms. The Hall–Kier alpha value is -1.28. The molecule has 2 nitrogen and oxygen atoms in total.